The van der Waals surface area contributed by atoms with Crippen molar-refractivity contribution in [2.24, 2.45) is 17.8 Å². The summed E-state index contributed by atoms with van der Waals surface area (Å²) >= 11 is 0. The van der Waals surface area contributed by atoms with Gasteiger partial charge in [-0.1, -0.05) is 79.6 Å². The average Bonchev–Trinajstić information content (AvgIpc) is 2.55. The predicted molar refractivity (Wildman–Crippen MR) is 106 cm³/mol. The van der Waals surface area contributed by atoms with Gasteiger partial charge in [-0.25, -0.2) is 0 Å². The molecule has 0 aromatic carbocycles. The van der Waals surface area contributed by atoms with E-state index >= 15 is 0 Å². The van der Waals surface area contributed by atoms with Crippen molar-refractivity contribution in [2.45, 2.75) is 111 Å². The Balaban J connectivity index is 4.70. The van der Waals surface area contributed by atoms with Crippen molar-refractivity contribution in [3.8, 4) is 0 Å². The maximum atomic E-state index is 6.01. The second kappa shape index (κ2) is 14.1. The van der Waals surface area contributed by atoms with Crippen LogP contribution >= 0.6 is 0 Å². The molecule has 0 spiro atoms. The number of hydrogen-bond acceptors (Lipinski definition) is 2. The molecular weight excluding hydrogens is 296 g/mol. The van der Waals surface area contributed by atoms with E-state index in [1.54, 1.807) is 0 Å². The molecule has 2 nitrogen and oxygen atoms in total. The van der Waals surface area contributed by atoms with Crippen LogP contribution in [0.3, 0.4) is 0 Å². The lowest BCUT2D eigenvalue weighted by molar-refractivity contribution is -0.248. The monoisotopic (exact) mass is 342 g/mol. The van der Waals surface area contributed by atoms with Crippen molar-refractivity contribution < 1.29 is 9.47 Å². The van der Waals surface area contributed by atoms with Crippen molar-refractivity contribution in [3.63, 3.8) is 0 Å². The first-order chi connectivity index (χ1) is 11.4. The van der Waals surface area contributed by atoms with Crippen molar-refractivity contribution in [3.05, 3.63) is 0 Å². The molecule has 0 amide bonds. The Kier molecular flexibility index (Phi) is 14.1. The molecule has 0 saturated heterocycles. The molecule has 0 aromatic rings. The molecule has 146 valence electrons. The summed E-state index contributed by atoms with van der Waals surface area (Å²) in [6.45, 7) is 11.5. The van der Waals surface area contributed by atoms with Gasteiger partial charge in [0.1, 0.15) is 0 Å². The number of rotatable bonds is 16. The highest BCUT2D eigenvalue weighted by molar-refractivity contribution is 4.81. The van der Waals surface area contributed by atoms with Crippen LogP contribution in [-0.2, 0) is 9.47 Å². The van der Waals surface area contributed by atoms with Gasteiger partial charge in [-0.15, -0.1) is 0 Å². The fourth-order valence-corrected chi connectivity index (χ4v) is 3.60. The summed E-state index contributed by atoms with van der Waals surface area (Å²) in [6, 6.07) is 0. The largest absolute Gasteiger partial charge is 0.353 e. The molecule has 0 N–H and O–H groups in total. The van der Waals surface area contributed by atoms with Crippen molar-refractivity contribution in [1.82, 2.24) is 0 Å². The van der Waals surface area contributed by atoms with E-state index in [1.807, 2.05) is 14.2 Å². The summed E-state index contributed by atoms with van der Waals surface area (Å²) < 4.78 is 12.0. The van der Waals surface area contributed by atoms with Crippen molar-refractivity contribution in [2.75, 3.05) is 14.2 Å². The Hall–Kier alpha value is -0.0800. The van der Waals surface area contributed by atoms with E-state index in [2.05, 4.69) is 34.6 Å². The van der Waals surface area contributed by atoms with Crippen LogP contribution in [0.15, 0.2) is 0 Å². The fourth-order valence-electron chi connectivity index (χ4n) is 3.60. The zero-order valence-electron chi connectivity index (χ0n) is 17.8. The normalized spacial score (nSPS) is 13.9. The number of ether oxygens (including phenoxy) is 2. The van der Waals surface area contributed by atoms with Crippen LogP contribution in [0.25, 0.3) is 0 Å². The smallest absolute Gasteiger partial charge is 0.170 e. The maximum absolute atomic E-state index is 6.01. The van der Waals surface area contributed by atoms with Gasteiger partial charge in [0.15, 0.2) is 5.79 Å². The molecule has 2 heteroatoms. The first kappa shape index (κ1) is 23.9. The lowest BCUT2D eigenvalue weighted by Crippen LogP contribution is -2.42. The number of hydrogen-bond donors (Lipinski definition) is 0. The zero-order valence-corrected chi connectivity index (χ0v) is 17.8. The van der Waals surface area contributed by atoms with E-state index in [9.17, 15) is 0 Å². The Morgan fingerprint density at radius 3 is 1.71 bits per heavy atom. The summed E-state index contributed by atoms with van der Waals surface area (Å²) in [7, 11) is 3.68. The van der Waals surface area contributed by atoms with Gasteiger partial charge in [-0.05, 0) is 31.1 Å². The van der Waals surface area contributed by atoms with E-state index in [4.69, 9.17) is 9.47 Å². The maximum Gasteiger partial charge on any atom is 0.170 e. The third-order valence-corrected chi connectivity index (χ3v) is 5.38. The van der Waals surface area contributed by atoms with E-state index in [0.29, 0.717) is 11.8 Å². The first-order valence-electron chi connectivity index (χ1n) is 10.5. The van der Waals surface area contributed by atoms with Gasteiger partial charge in [-0.3, -0.25) is 0 Å². The third kappa shape index (κ3) is 10.0. The molecule has 0 bridgehead atoms. The Labute approximate surface area is 153 Å². The molecule has 0 aliphatic carbocycles. The second-order valence-corrected chi connectivity index (χ2v) is 8.38. The highest BCUT2D eigenvalue weighted by Crippen LogP contribution is 2.37. The van der Waals surface area contributed by atoms with Crippen LogP contribution in [0.1, 0.15) is 105 Å². The van der Waals surface area contributed by atoms with Crippen LogP contribution in [-0.4, -0.2) is 20.0 Å². The minimum atomic E-state index is -0.386. The van der Waals surface area contributed by atoms with E-state index in [1.165, 1.54) is 57.8 Å². The summed E-state index contributed by atoms with van der Waals surface area (Å²) in [4.78, 5) is 0. The topological polar surface area (TPSA) is 18.5 Å². The molecule has 0 saturated carbocycles. The highest BCUT2D eigenvalue weighted by Gasteiger charge is 2.38. The van der Waals surface area contributed by atoms with E-state index in [-0.39, 0.29) is 5.79 Å². The lowest BCUT2D eigenvalue weighted by Gasteiger charge is -2.39. The molecule has 0 aliphatic heterocycles. The van der Waals surface area contributed by atoms with Crippen LogP contribution in [0.2, 0.25) is 0 Å². The van der Waals surface area contributed by atoms with Gasteiger partial charge >= 0.3 is 0 Å². The van der Waals surface area contributed by atoms with Crippen molar-refractivity contribution in [1.29, 1.82) is 0 Å². The van der Waals surface area contributed by atoms with Gasteiger partial charge in [0.05, 0.1) is 0 Å². The van der Waals surface area contributed by atoms with Gasteiger partial charge in [0.2, 0.25) is 0 Å². The minimum Gasteiger partial charge on any atom is -0.353 e. The van der Waals surface area contributed by atoms with Gasteiger partial charge in [0.25, 0.3) is 0 Å². The molecule has 1 atom stereocenters. The molecule has 1 unspecified atom stereocenters. The highest BCUT2D eigenvalue weighted by atomic mass is 16.7. The zero-order chi connectivity index (χ0) is 18.4. The number of methoxy groups -OCH3 is 2. The van der Waals surface area contributed by atoms with Gasteiger partial charge in [0, 0.05) is 26.6 Å². The SMILES string of the molecule is CCCCCCCCC(CCC(C)C)C(CCC(C)C)(OC)OC. The minimum absolute atomic E-state index is 0.386. The van der Waals surface area contributed by atoms with Crippen molar-refractivity contribution >= 4 is 0 Å². The molecular formula is C22H46O2. The predicted octanol–water partition coefficient (Wildman–Crippen LogP) is 7.21. The van der Waals surface area contributed by atoms with Crippen LogP contribution < -0.4 is 0 Å². The molecule has 0 fully saturated rings. The quantitative estimate of drug-likeness (QED) is 0.218. The molecule has 0 aliphatic rings. The van der Waals surface area contributed by atoms with Crippen LogP contribution in [0.4, 0.5) is 0 Å². The standard InChI is InChI=1S/C22H46O2/c1-8-9-10-11-12-13-14-21(16-15-19(2)3)22(23-6,24-7)18-17-20(4)5/h19-21H,8-18H2,1-7H3. The Bertz CT molecular complexity index is 269. The molecule has 0 rings (SSSR count). The summed E-state index contributed by atoms with van der Waals surface area (Å²) in [5.74, 6) is 1.56. The van der Waals surface area contributed by atoms with Crippen LogP contribution in [0, 0.1) is 17.8 Å². The average molecular weight is 343 g/mol. The number of unbranched alkanes of at least 4 members (excludes halogenated alkanes) is 5. The lowest BCUT2D eigenvalue weighted by atomic mass is 9.82. The molecule has 24 heavy (non-hydrogen) atoms. The molecule has 0 heterocycles. The first-order valence-corrected chi connectivity index (χ1v) is 10.5. The summed E-state index contributed by atoms with van der Waals surface area (Å²) in [5, 5.41) is 0. The summed E-state index contributed by atoms with van der Waals surface area (Å²) in [6.07, 6.45) is 14.0. The fraction of sp³-hybridized carbons (Fsp3) is 1.00. The Morgan fingerprint density at radius 1 is 0.667 bits per heavy atom. The van der Waals surface area contributed by atoms with E-state index < -0.39 is 0 Å². The van der Waals surface area contributed by atoms with Gasteiger partial charge < -0.3 is 9.47 Å². The molecule has 0 aromatic heterocycles. The summed E-state index contributed by atoms with van der Waals surface area (Å²) in [5.41, 5.74) is 0. The molecule has 0 radical (unpaired) electrons. The van der Waals surface area contributed by atoms with E-state index in [0.717, 1.165) is 18.8 Å². The third-order valence-electron chi connectivity index (χ3n) is 5.38. The Morgan fingerprint density at radius 2 is 1.21 bits per heavy atom. The van der Waals surface area contributed by atoms with Gasteiger partial charge in [-0.2, -0.15) is 0 Å². The van der Waals surface area contributed by atoms with Crippen LogP contribution in [0.5, 0.6) is 0 Å². The second-order valence-electron chi connectivity index (χ2n) is 8.38.